The Morgan fingerprint density at radius 1 is 1.06 bits per heavy atom. The Morgan fingerprint density at radius 3 is 2.39 bits per heavy atom. The second kappa shape index (κ2) is 10.8. The summed E-state index contributed by atoms with van der Waals surface area (Å²) in [6.07, 6.45) is 0. The first-order valence-corrected chi connectivity index (χ1v) is 10.4. The number of nitriles is 1. The molecule has 3 aromatic carbocycles. The van der Waals surface area contributed by atoms with E-state index in [1.54, 1.807) is 24.3 Å². The molecule has 33 heavy (non-hydrogen) atoms. The third kappa shape index (κ3) is 6.34. The molecule has 1 unspecified atom stereocenters. The van der Waals surface area contributed by atoms with Crippen molar-refractivity contribution < 1.29 is 19.4 Å². The zero-order valence-corrected chi connectivity index (χ0v) is 18.5. The van der Waals surface area contributed by atoms with Crippen molar-refractivity contribution >= 4 is 17.6 Å². The average molecular weight is 444 g/mol. The lowest BCUT2D eigenvalue weighted by Crippen LogP contribution is -2.33. The number of carbonyl (C=O) groups is 2. The Bertz CT molecular complexity index is 1170. The smallest absolute Gasteiger partial charge is 0.341 e. The number of carboxylic acid groups (broad SMARTS) is 1. The van der Waals surface area contributed by atoms with Gasteiger partial charge in [0, 0.05) is 17.8 Å². The lowest BCUT2D eigenvalue weighted by Gasteiger charge is -2.24. The van der Waals surface area contributed by atoms with E-state index < -0.39 is 18.6 Å². The number of ether oxygens (including phenoxy) is 1. The lowest BCUT2D eigenvalue weighted by molar-refractivity contribution is -0.139. The highest BCUT2D eigenvalue weighted by molar-refractivity contribution is 5.87. The maximum atomic E-state index is 13.4. The van der Waals surface area contributed by atoms with Crippen LogP contribution in [-0.4, -0.2) is 23.6 Å². The highest BCUT2D eigenvalue weighted by Crippen LogP contribution is 2.33. The van der Waals surface area contributed by atoms with Crippen LogP contribution in [0, 0.1) is 25.2 Å². The Balaban J connectivity index is 1.97. The average Bonchev–Trinajstić information content (AvgIpc) is 2.81. The van der Waals surface area contributed by atoms with Crippen LogP contribution in [-0.2, 0) is 16.1 Å². The SMILES string of the molecule is Cc1cc(C)c(OCC(=O)O)c(C(Nc2ccc(C#N)cc2)C(=O)NCc2ccccc2)c1. The number of amides is 1. The lowest BCUT2D eigenvalue weighted by atomic mass is 9.98. The summed E-state index contributed by atoms with van der Waals surface area (Å²) in [6.45, 7) is 3.53. The molecule has 0 aliphatic heterocycles. The predicted molar refractivity (Wildman–Crippen MR) is 125 cm³/mol. The van der Waals surface area contributed by atoms with E-state index in [1.165, 1.54) is 0 Å². The number of aryl methyl sites for hydroxylation is 2. The molecule has 0 aliphatic rings. The second-order valence-electron chi connectivity index (χ2n) is 7.65. The molecule has 168 valence electrons. The highest BCUT2D eigenvalue weighted by Gasteiger charge is 2.26. The van der Waals surface area contributed by atoms with E-state index in [0.717, 1.165) is 16.7 Å². The molecule has 0 aliphatic carbocycles. The van der Waals surface area contributed by atoms with Gasteiger partial charge in [-0.1, -0.05) is 42.0 Å². The third-order valence-corrected chi connectivity index (χ3v) is 5.00. The second-order valence-corrected chi connectivity index (χ2v) is 7.65. The first kappa shape index (κ1) is 23.4. The third-order valence-electron chi connectivity index (χ3n) is 5.00. The summed E-state index contributed by atoms with van der Waals surface area (Å²) in [5.41, 5.74) is 4.26. The van der Waals surface area contributed by atoms with Crippen molar-refractivity contribution in [1.29, 1.82) is 5.26 Å². The van der Waals surface area contributed by atoms with Crippen LogP contribution in [0.3, 0.4) is 0 Å². The Morgan fingerprint density at radius 2 is 1.76 bits per heavy atom. The van der Waals surface area contributed by atoms with Crippen molar-refractivity contribution in [1.82, 2.24) is 5.32 Å². The summed E-state index contributed by atoms with van der Waals surface area (Å²) in [7, 11) is 0. The van der Waals surface area contributed by atoms with Crippen LogP contribution < -0.4 is 15.4 Å². The summed E-state index contributed by atoms with van der Waals surface area (Å²) in [4.78, 5) is 24.5. The fraction of sp³-hybridized carbons (Fsp3) is 0.192. The first-order chi connectivity index (χ1) is 15.9. The molecule has 0 spiro atoms. The summed E-state index contributed by atoms with van der Waals surface area (Å²) in [5, 5.41) is 24.3. The molecule has 1 atom stereocenters. The monoisotopic (exact) mass is 443 g/mol. The van der Waals surface area contributed by atoms with Gasteiger partial charge in [0.05, 0.1) is 11.6 Å². The molecule has 3 aromatic rings. The largest absolute Gasteiger partial charge is 0.481 e. The van der Waals surface area contributed by atoms with Crippen LogP contribution in [0.5, 0.6) is 5.75 Å². The number of nitrogens with one attached hydrogen (secondary N) is 2. The zero-order chi connectivity index (χ0) is 23.8. The number of rotatable bonds is 9. The molecule has 3 N–H and O–H groups in total. The van der Waals surface area contributed by atoms with Gasteiger partial charge < -0.3 is 20.5 Å². The normalized spacial score (nSPS) is 11.2. The quantitative estimate of drug-likeness (QED) is 0.459. The number of nitrogens with zero attached hydrogens (tertiary/aromatic N) is 1. The van der Waals surface area contributed by atoms with E-state index in [2.05, 4.69) is 16.7 Å². The maximum Gasteiger partial charge on any atom is 0.341 e. The Kier molecular flexibility index (Phi) is 7.66. The van der Waals surface area contributed by atoms with Crippen molar-refractivity contribution in [3.8, 4) is 11.8 Å². The summed E-state index contributed by atoms with van der Waals surface area (Å²) >= 11 is 0. The maximum absolute atomic E-state index is 13.4. The van der Waals surface area contributed by atoms with Gasteiger partial charge in [-0.25, -0.2) is 4.79 Å². The molecule has 0 heterocycles. The van der Waals surface area contributed by atoms with E-state index in [4.69, 9.17) is 15.1 Å². The van der Waals surface area contributed by atoms with Crippen LogP contribution in [0.25, 0.3) is 0 Å². The molecular formula is C26H25N3O4. The number of anilines is 1. The number of carboxylic acids is 1. The van der Waals surface area contributed by atoms with Gasteiger partial charge in [-0.3, -0.25) is 4.79 Å². The van der Waals surface area contributed by atoms with Crippen LogP contribution >= 0.6 is 0 Å². The minimum Gasteiger partial charge on any atom is -0.481 e. The van der Waals surface area contributed by atoms with Crippen molar-refractivity contribution in [2.24, 2.45) is 0 Å². The van der Waals surface area contributed by atoms with Crippen molar-refractivity contribution in [2.45, 2.75) is 26.4 Å². The predicted octanol–water partition coefficient (Wildman–Crippen LogP) is 4.11. The molecule has 7 heteroatoms. The molecule has 0 bridgehead atoms. The number of aliphatic carboxylic acids is 1. The van der Waals surface area contributed by atoms with Crippen LogP contribution in [0.2, 0.25) is 0 Å². The molecule has 0 saturated heterocycles. The zero-order valence-electron chi connectivity index (χ0n) is 18.5. The summed E-state index contributed by atoms with van der Waals surface area (Å²) in [5.74, 6) is -1.05. The van der Waals surface area contributed by atoms with E-state index in [1.807, 2.05) is 56.3 Å². The fourth-order valence-corrected chi connectivity index (χ4v) is 3.51. The molecule has 1 amide bonds. The topological polar surface area (TPSA) is 111 Å². The van der Waals surface area contributed by atoms with Gasteiger partial charge in [0.2, 0.25) is 5.91 Å². The molecule has 3 rings (SSSR count). The number of hydrogen-bond donors (Lipinski definition) is 3. The first-order valence-electron chi connectivity index (χ1n) is 10.4. The molecule has 0 fully saturated rings. The van der Waals surface area contributed by atoms with Gasteiger partial charge >= 0.3 is 5.97 Å². The summed E-state index contributed by atoms with van der Waals surface area (Å²) in [6, 6.07) is 21.2. The molecule has 0 aromatic heterocycles. The van der Waals surface area contributed by atoms with Crippen LogP contribution in [0.1, 0.15) is 33.9 Å². The van der Waals surface area contributed by atoms with E-state index in [9.17, 15) is 9.59 Å². The van der Waals surface area contributed by atoms with Gasteiger partial charge in [-0.15, -0.1) is 0 Å². The van der Waals surface area contributed by atoms with E-state index >= 15 is 0 Å². The van der Waals surface area contributed by atoms with Crippen LogP contribution in [0.4, 0.5) is 5.69 Å². The molecular weight excluding hydrogens is 418 g/mol. The summed E-state index contributed by atoms with van der Waals surface area (Å²) < 4.78 is 5.59. The molecule has 7 nitrogen and oxygen atoms in total. The number of hydrogen-bond acceptors (Lipinski definition) is 5. The van der Waals surface area contributed by atoms with Crippen molar-refractivity contribution in [3.63, 3.8) is 0 Å². The van der Waals surface area contributed by atoms with Gasteiger partial charge in [0.15, 0.2) is 6.61 Å². The van der Waals surface area contributed by atoms with E-state index in [-0.39, 0.29) is 5.91 Å². The van der Waals surface area contributed by atoms with Gasteiger partial charge in [-0.05, 0) is 55.3 Å². The van der Waals surface area contributed by atoms with Crippen molar-refractivity contribution in [2.75, 3.05) is 11.9 Å². The van der Waals surface area contributed by atoms with Crippen molar-refractivity contribution in [3.05, 3.63) is 94.5 Å². The van der Waals surface area contributed by atoms with Crippen LogP contribution in [0.15, 0.2) is 66.7 Å². The standard InChI is InChI=1S/C26H25N3O4/c1-17-12-18(2)25(33-16-23(30)31)22(13-17)24(29-21-10-8-19(14-27)9-11-21)26(32)28-15-20-6-4-3-5-7-20/h3-13,24,29H,15-16H2,1-2H3,(H,28,32)(H,30,31). The van der Waals surface area contributed by atoms with Gasteiger partial charge in [0.1, 0.15) is 11.8 Å². The van der Waals surface area contributed by atoms with Gasteiger partial charge in [0.25, 0.3) is 0 Å². The van der Waals surface area contributed by atoms with Gasteiger partial charge in [-0.2, -0.15) is 5.26 Å². The number of carbonyl (C=O) groups excluding carboxylic acids is 1. The minimum atomic E-state index is -1.11. The Labute approximate surface area is 192 Å². The fourth-order valence-electron chi connectivity index (χ4n) is 3.51. The molecule has 0 radical (unpaired) electrons. The number of benzene rings is 3. The highest BCUT2D eigenvalue weighted by atomic mass is 16.5. The van der Waals surface area contributed by atoms with E-state index in [0.29, 0.717) is 29.1 Å². The Hall–Kier alpha value is -4.31. The minimum absolute atomic E-state index is 0.298. The molecule has 0 saturated carbocycles.